The molecule has 0 spiro atoms. The van der Waals surface area contributed by atoms with E-state index >= 15 is 0 Å². The van der Waals surface area contributed by atoms with E-state index in [0.717, 1.165) is 49.1 Å². The van der Waals surface area contributed by atoms with Gasteiger partial charge in [0.05, 0.1) is 7.11 Å². The number of hydrogen-bond acceptors (Lipinski definition) is 8. The summed E-state index contributed by atoms with van der Waals surface area (Å²) >= 11 is 0. The minimum Gasteiger partial charge on any atom is -0.665 e. The molecule has 3 rings (SSSR count). The van der Waals surface area contributed by atoms with Crippen molar-refractivity contribution in [1.29, 1.82) is 0 Å². The molecule has 0 amide bonds. The Morgan fingerprint density at radius 2 is 1.72 bits per heavy atom. The van der Waals surface area contributed by atoms with Gasteiger partial charge in [0.2, 0.25) is 0 Å². The van der Waals surface area contributed by atoms with Gasteiger partial charge < -0.3 is 30.8 Å². The molecule has 0 aliphatic rings. The molecule has 0 saturated carbocycles. The lowest BCUT2D eigenvalue weighted by atomic mass is 9.78. The first-order valence-corrected chi connectivity index (χ1v) is 15.3. The molecule has 9 heteroatoms. The lowest BCUT2D eigenvalue weighted by molar-refractivity contribution is -0.138. The summed E-state index contributed by atoms with van der Waals surface area (Å²) in [6.07, 6.45) is 6.35. The molecule has 0 aliphatic heterocycles. The topological polar surface area (TPSA) is 157 Å². The second kappa shape index (κ2) is 16.8. The molecule has 0 radical (unpaired) electrons. The van der Waals surface area contributed by atoms with E-state index in [9.17, 15) is 24.9 Å². The van der Waals surface area contributed by atoms with Gasteiger partial charge in [0.25, 0.3) is 0 Å². The van der Waals surface area contributed by atoms with Gasteiger partial charge in [-0.1, -0.05) is 64.2 Å². The number of rotatable bonds is 19. The number of ketones is 2. The van der Waals surface area contributed by atoms with Crippen molar-refractivity contribution in [2.45, 2.75) is 90.1 Å². The van der Waals surface area contributed by atoms with Crippen molar-refractivity contribution in [3.63, 3.8) is 0 Å². The third kappa shape index (κ3) is 9.40. The number of aliphatic hydroxyl groups is 2. The van der Waals surface area contributed by atoms with Gasteiger partial charge in [-0.2, -0.15) is 11.4 Å². The third-order valence-electron chi connectivity index (χ3n) is 7.98. The predicted octanol–water partition coefficient (Wildman–Crippen LogP) is 4.67. The molecule has 2 heterocycles. The number of aryl methyl sites for hydroxylation is 2. The first-order valence-electron chi connectivity index (χ1n) is 15.3. The summed E-state index contributed by atoms with van der Waals surface area (Å²) in [6.45, 7) is 3.95. The molecule has 0 aliphatic carbocycles. The van der Waals surface area contributed by atoms with Crippen LogP contribution in [0.1, 0.15) is 92.8 Å². The number of benzene rings is 1. The predicted molar refractivity (Wildman–Crippen MR) is 166 cm³/mol. The molecule has 5 N–H and O–H groups in total. The molecule has 3 aromatic rings. The maximum absolute atomic E-state index is 12.8. The van der Waals surface area contributed by atoms with Gasteiger partial charge in [0, 0.05) is 37.1 Å². The number of carbonyl (C=O) groups excluding carboxylic acids is 2. The lowest BCUT2D eigenvalue weighted by Gasteiger charge is -2.30. The second-order valence-electron chi connectivity index (χ2n) is 11.2. The molecular weight excluding hydrogens is 546 g/mol. The number of pyridine rings is 1. The van der Waals surface area contributed by atoms with Crippen LogP contribution in [0.15, 0.2) is 42.6 Å². The summed E-state index contributed by atoms with van der Waals surface area (Å²) < 4.78 is 5.50. The zero-order valence-electron chi connectivity index (χ0n) is 25.6. The number of Topliss-reactive ketones (excluding diaryl/α,β-unsaturated/α-hetero) is 2. The summed E-state index contributed by atoms with van der Waals surface area (Å²) in [5.41, 5.74) is 9.76. The zero-order valence-corrected chi connectivity index (χ0v) is 25.6. The summed E-state index contributed by atoms with van der Waals surface area (Å²) in [5, 5.41) is 32.3. The Hall–Kier alpha value is -3.69. The largest absolute Gasteiger partial charge is 0.665 e. The zero-order chi connectivity index (χ0) is 31.4. The number of ether oxygens (including phenoxy) is 1. The Balaban J connectivity index is 1.87. The number of nitrogen functional groups attached to an aromatic ring is 1. The minimum absolute atomic E-state index is 0.0519. The van der Waals surface area contributed by atoms with Crippen LogP contribution >= 0.6 is 0 Å². The molecular formula is C34H46N3O6-. The summed E-state index contributed by atoms with van der Waals surface area (Å²) in [4.78, 5) is 34.0. The fraction of sp³-hybridized carbons (Fsp3) is 0.500. The monoisotopic (exact) mass is 592 g/mol. The maximum Gasteiger partial charge on any atom is 0.170 e. The van der Waals surface area contributed by atoms with Crippen molar-refractivity contribution >= 4 is 17.4 Å². The number of phenols is 1. The number of carbonyl (C=O) groups is 2. The van der Waals surface area contributed by atoms with Crippen LogP contribution in [-0.2, 0) is 28.9 Å². The molecule has 2 aromatic heterocycles. The number of anilines is 1. The number of methoxy groups -OCH3 is 1. The molecule has 9 nitrogen and oxygen atoms in total. The van der Waals surface area contributed by atoms with Gasteiger partial charge in [0.1, 0.15) is 5.82 Å². The number of nitrogens with zero attached hydrogens (tertiary/aromatic N) is 2. The van der Waals surface area contributed by atoms with Crippen molar-refractivity contribution in [2.75, 3.05) is 19.5 Å². The van der Waals surface area contributed by atoms with Crippen LogP contribution in [0.5, 0.6) is 11.5 Å². The Morgan fingerprint density at radius 1 is 1.00 bits per heavy atom. The van der Waals surface area contributed by atoms with Crippen LogP contribution in [0.25, 0.3) is 0 Å². The van der Waals surface area contributed by atoms with Crippen LogP contribution < -0.4 is 15.5 Å². The molecule has 3 atom stereocenters. The second-order valence-corrected chi connectivity index (χ2v) is 11.2. The van der Waals surface area contributed by atoms with Crippen LogP contribution in [0, 0.1) is 5.92 Å². The van der Waals surface area contributed by atoms with Crippen molar-refractivity contribution in [2.24, 2.45) is 5.92 Å². The number of phenolic OH excluding ortho intramolecular Hbond substituents is 1. The third-order valence-corrected chi connectivity index (χ3v) is 7.98. The van der Waals surface area contributed by atoms with E-state index in [2.05, 4.69) is 16.9 Å². The smallest absolute Gasteiger partial charge is 0.170 e. The molecule has 43 heavy (non-hydrogen) atoms. The number of nitrogens with two attached hydrogens (primary N) is 1. The highest BCUT2D eigenvalue weighted by molar-refractivity contribution is 6.05. The van der Waals surface area contributed by atoms with Crippen LogP contribution in [-0.4, -0.2) is 51.7 Å². The van der Waals surface area contributed by atoms with Crippen LogP contribution in [0.4, 0.5) is 5.82 Å². The van der Waals surface area contributed by atoms with Crippen LogP contribution in [0.3, 0.4) is 0 Å². The lowest BCUT2D eigenvalue weighted by Crippen LogP contribution is -2.30. The van der Waals surface area contributed by atoms with Crippen molar-refractivity contribution in [3.05, 3.63) is 70.7 Å². The Kier molecular flexibility index (Phi) is 13.2. The Morgan fingerprint density at radius 3 is 2.37 bits per heavy atom. The van der Waals surface area contributed by atoms with Gasteiger partial charge in [-0.25, -0.2) is 4.98 Å². The number of unbranched alkanes of at least 4 members (excludes halogenated alkanes) is 4. The standard InChI is InChI=1S/C34H46N3O6/c1-4-6-7-8-9-10-28(39)34(42)29(40)14-11-22-17-27(33(41)30(18-22)43-3)32(23-15-16-36-31(35)20-23)24(21-38)19-26-13-12-25(5-2)37-26/h12-13,15-18,20,24,32,34,38,41-42H,4-11,14,19,21H2,1-3H3,(H2,35,36)/q-1/t24-,32-,34-/m0/s1. The summed E-state index contributed by atoms with van der Waals surface area (Å²) in [6, 6.07) is 10.9. The van der Waals surface area contributed by atoms with Gasteiger partial charge in [-0.3, -0.25) is 9.59 Å². The van der Waals surface area contributed by atoms with E-state index in [1.165, 1.54) is 7.11 Å². The molecule has 1 aromatic carbocycles. The van der Waals surface area contributed by atoms with Gasteiger partial charge in [0.15, 0.2) is 29.2 Å². The van der Waals surface area contributed by atoms with E-state index in [-0.39, 0.29) is 43.3 Å². The number of aromatic hydroxyl groups is 1. The quantitative estimate of drug-likeness (QED) is 0.115. The van der Waals surface area contributed by atoms with E-state index in [1.54, 1.807) is 30.5 Å². The number of aliphatic hydroxyl groups excluding tert-OH is 2. The molecule has 0 bridgehead atoms. The van der Waals surface area contributed by atoms with E-state index in [0.29, 0.717) is 29.8 Å². The highest BCUT2D eigenvalue weighted by Gasteiger charge is 2.29. The van der Waals surface area contributed by atoms with Crippen molar-refractivity contribution in [3.8, 4) is 11.5 Å². The number of hydrogen-bond donors (Lipinski definition) is 4. The van der Waals surface area contributed by atoms with E-state index in [1.807, 2.05) is 19.1 Å². The van der Waals surface area contributed by atoms with E-state index < -0.39 is 23.6 Å². The summed E-state index contributed by atoms with van der Waals surface area (Å²) in [7, 11) is 1.44. The fourth-order valence-corrected chi connectivity index (χ4v) is 5.53. The SMILES string of the molecule is CCCCCCCC(=O)[C@H](O)C(=O)CCc1cc(OC)c(O)c([C@@H](c2ccnc(N)c2)[C@H](CO)Cc2ccc(CC)[n-]2)c1. The molecule has 0 saturated heterocycles. The first-order chi connectivity index (χ1) is 20.7. The van der Waals surface area contributed by atoms with Gasteiger partial charge in [-0.05, 0) is 54.5 Å². The van der Waals surface area contributed by atoms with Gasteiger partial charge >= 0.3 is 0 Å². The number of aromatic nitrogens is 2. The minimum atomic E-state index is -1.64. The average Bonchev–Trinajstić information content (AvgIpc) is 3.47. The fourth-order valence-electron chi connectivity index (χ4n) is 5.53. The average molecular weight is 593 g/mol. The molecule has 0 unspecified atom stereocenters. The summed E-state index contributed by atoms with van der Waals surface area (Å²) in [5.74, 6) is -1.44. The highest BCUT2D eigenvalue weighted by atomic mass is 16.5. The van der Waals surface area contributed by atoms with Crippen LogP contribution in [0.2, 0.25) is 0 Å². The first kappa shape index (κ1) is 33.8. The van der Waals surface area contributed by atoms with E-state index in [4.69, 9.17) is 10.5 Å². The highest BCUT2D eigenvalue weighted by Crippen LogP contribution is 2.43. The van der Waals surface area contributed by atoms with Crippen molar-refractivity contribution in [1.82, 2.24) is 9.97 Å². The normalized spacial score (nSPS) is 13.4. The Bertz CT molecular complexity index is 1340. The Labute approximate surface area is 254 Å². The molecule has 234 valence electrons. The maximum atomic E-state index is 12.8. The van der Waals surface area contributed by atoms with Gasteiger partial charge in [-0.15, -0.1) is 0 Å². The molecule has 0 fully saturated rings. The van der Waals surface area contributed by atoms with Crippen molar-refractivity contribution < 1.29 is 29.6 Å².